The number of hydrogen-bond acceptors (Lipinski definition) is 3. The van der Waals surface area contributed by atoms with Gasteiger partial charge in [-0.3, -0.25) is 4.79 Å². The normalized spacial score (nSPS) is 12.8. The topological polar surface area (TPSA) is 74.3 Å². The zero-order valence-corrected chi connectivity index (χ0v) is 13.7. The van der Waals surface area contributed by atoms with E-state index in [9.17, 15) is 27.5 Å². The van der Waals surface area contributed by atoms with Crippen LogP contribution < -0.4 is 10.1 Å². The maximum Gasteiger partial charge on any atom is 0.573 e. The number of alkyl halides is 3. The minimum absolute atomic E-state index is 0.0978. The number of aliphatic hydroxyl groups excluding tert-OH is 1. The summed E-state index contributed by atoms with van der Waals surface area (Å²) < 4.78 is 53.8. The van der Waals surface area contributed by atoms with Crippen molar-refractivity contribution in [3.05, 3.63) is 65.6 Å². The highest BCUT2D eigenvalue weighted by Crippen LogP contribution is 2.26. The molecule has 1 amide bonds. The van der Waals surface area contributed by atoms with E-state index in [0.29, 0.717) is 10.9 Å². The van der Waals surface area contributed by atoms with Crippen LogP contribution >= 0.6 is 0 Å². The molecule has 0 fully saturated rings. The lowest BCUT2D eigenvalue weighted by atomic mass is 10.1. The molecule has 5 nitrogen and oxygen atoms in total. The van der Waals surface area contributed by atoms with Crippen molar-refractivity contribution in [2.75, 3.05) is 6.54 Å². The van der Waals surface area contributed by atoms with Crippen molar-refractivity contribution in [2.45, 2.75) is 12.5 Å². The van der Waals surface area contributed by atoms with Crippen LogP contribution in [0.15, 0.2) is 48.5 Å². The molecule has 1 unspecified atom stereocenters. The predicted molar refractivity (Wildman–Crippen MR) is 88.7 cm³/mol. The van der Waals surface area contributed by atoms with E-state index in [2.05, 4.69) is 15.0 Å². The monoisotopic (exact) mass is 382 g/mol. The summed E-state index contributed by atoms with van der Waals surface area (Å²) >= 11 is 0. The Morgan fingerprint density at radius 2 is 1.96 bits per heavy atom. The molecule has 0 aliphatic heterocycles. The standard InChI is InChI=1S/C18H14F4N2O3/c19-12-3-1-2-11(6-12)16(25)9-23-17(26)15-7-10-4-5-13(8-14(10)24-15)27-18(20,21)22/h1-8,16,24-25H,9H2,(H,23,26). The second-order valence-corrected chi connectivity index (χ2v) is 5.76. The largest absolute Gasteiger partial charge is 0.573 e. The second kappa shape index (κ2) is 7.28. The van der Waals surface area contributed by atoms with Gasteiger partial charge in [0.15, 0.2) is 0 Å². The summed E-state index contributed by atoms with van der Waals surface area (Å²) in [4.78, 5) is 14.9. The second-order valence-electron chi connectivity index (χ2n) is 5.76. The Bertz CT molecular complexity index is 969. The molecular weight excluding hydrogens is 368 g/mol. The van der Waals surface area contributed by atoms with Gasteiger partial charge >= 0.3 is 6.36 Å². The van der Waals surface area contributed by atoms with Gasteiger partial charge in [0.2, 0.25) is 0 Å². The Morgan fingerprint density at radius 3 is 2.67 bits per heavy atom. The number of aromatic amines is 1. The maximum absolute atomic E-state index is 13.2. The van der Waals surface area contributed by atoms with Crippen molar-refractivity contribution in [2.24, 2.45) is 0 Å². The smallest absolute Gasteiger partial charge is 0.406 e. The van der Waals surface area contributed by atoms with Gasteiger partial charge in [0, 0.05) is 23.5 Å². The van der Waals surface area contributed by atoms with Crippen molar-refractivity contribution in [1.82, 2.24) is 10.3 Å². The van der Waals surface area contributed by atoms with Gasteiger partial charge in [-0.05, 0) is 35.9 Å². The number of carbonyl (C=O) groups is 1. The number of carbonyl (C=O) groups excluding carboxylic acids is 1. The average molecular weight is 382 g/mol. The third kappa shape index (κ3) is 4.76. The number of fused-ring (bicyclic) bond motifs is 1. The summed E-state index contributed by atoms with van der Waals surface area (Å²) in [5.41, 5.74) is 0.689. The van der Waals surface area contributed by atoms with E-state index in [1.165, 1.54) is 30.3 Å². The van der Waals surface area contributed by atoms with Gasteiger partial charge in [-0.15, -0.1) is 13.2 Å². The highest BCUT2D eigenvalue weighted by molar-refractivity contribution is 5.98. The number of hydrogen-bond donors (Lipinski definition) is 3. The van der Waals surface area contributed by atoms with Crippen molar-refractivity contribution in [3.63, 3.8) is 0 Å². The van der Waals surface area contributed by atoms with Gasteiger partial charge in [-0.2, -0.15) is 0 Å². The molecule has 9 heteroatoms. The summed E-state index contributed by atoms with van der Waals surface area (Å²) in [6, 6.07) is 10.4. The van der Waals surface area contributed by atoms with Crippen molar-refractivity contribution in [3.8, 4) is 5.75 Å². The van der Waals surface area contributed by atoms with E-state index in [-0.39, 0.29) is 17.8 Å². The highest BCUT2D eigenvalue weighted by Gasteiger charge is 2.31. The molecule has 0 spiro atoms. The minimum atomic E-state index is -4.81. The molecule has 1 atom stereocenters. The fourth-order valence-corrected chi connectivity index (χ4v) is 2.54. The number of aromatic nitrogens is 1. The zero-order valence-electron chi connectivity index (χ0n) is 13.7. The van der Waals surface area contributed by atoms with Crippen molar-refractivity contribution < 1.29 is 32.2 Å². The number of halogens is 4. The van der Waals surface area contributed by atoms with E-state index in [1.807, 2.05) is 0 Å². The van der Waals surface area contributed by atoms with E-state index >= 15 is 0 Å². The molecule has 0 bridgehead atoms. The number of H-pyrrole nitrogens is 1. The molecule has 1 aromatic heterocycles. The van der Waals surface area contributed by atoms with Gasteiger partial charge in [0.05, 0.1) is 6.10 Å². The van der Waals surface area contributed by atoms with Crippen molar-refractivity contribution in [1.29, 1.82) is 0 Å². The summed E-state index contributed by atoms with van der Waals surface area (Å²) in [5, 5.41) is 13.0. The molecule has 142 valence electrons. The van der Waals surface area contributed by atoms with Crippen LogP contribution in [0.1, 0.15) is 22.2 Å². The van der Waals surface area contributed by atoms with Crippen LogP contribution in [0, 0.1) is 5.82 Å². The fourth-order valence-electron chi connectivity index (χ4n) is 2.54. The summed E-state index contributed by atoms with van der Waals surface area (Å²) in [6.45, 7) is -0.167. The van der Waals surface area contributed by atoms with Gasteiger partial charge in [-0.25, -0.2) is 4.39 Å². The third-order valence-corrected chi connectivity index (χ3v) is 3.76. The van der Waals surface area contributed by atoms with Gasteiger partial charge in [0.1, 0.15) is 17.3 Å². The SMILES string of the molecule is O=C(NCC(O)c1cccc(F)c1)c1cc2ccc(OC(F)(F)F)cc2[nH]1. The number of amides is 1. The third-order valence-electron chi connectivity index (χ3n) is 3.76. The molecule has 0 radical (unpaired) electrons. The van der Waals surface area contributed by atoms with Crippen LogP contribution in [-0.4, -0.2) is 28.9 Å². The Labute approximate surface area is 150 Å². The van der Waals surface area contributed by atoms with E-state index in [0.717, 1.165) is 18.2 Å². The molecule has 1 heterocycles. The Balaban J connectivity index is 1.68. The van der Waals surface area contributed by atoms with E-state index in [1.54, 1.807) is 0 Å². The molecule has 0 aliphatic rings. The Kier molecular flexibility index (Phi) is 5.04. The predicted octanol–water partition coefficient (Wildman–Crippen LogP) is 3.67. The molecule has 27 heavy (non-hydrogen) atoms. The van der Waals surface area contributed by atoms with Crippen LogP contribution in [-0.2, 0) is 0 Å². The lowest BCUT2D eigenvalue weighted by Crippen LogP contribution is -2.28. The van der Waals surface area contributed by atoms with Crippen LogP contribution in [0.2, 0.25) is 0 Å². The summed E-state index contributed by atoms with van der Waals surface area (Å²) in [7, 11) is 0. The number of ether oxygens (including phenoxy) is 1. The molecule has 0 aliphatic carbocycles. The van der Waals surface area contributed by atoms with E-state index < -0.39 is 29.9 Å². The Hall–Kier alpha value is -3.07. The first kappa shape index (κ1) is 18.7. The van der Waals surface area contributed by atoms with Crippen LogP contribution in [0.5, 0.6) is 5.75 Å². The highest BCUT2D eigenvalue weighted by atomic mass is 19.4. The lowest BCUT2D eigenvalue weighted by Gasteiger charge is -2.11. The van der Waals surface area contributed by atoms with Gasteiger partial charge < -0.3 is 20.1 Å². The van der Waals surface area contributed by atoms with Crippen LogP contribution in [0.3, 0.4) is 0 Å². The van der Waals surface area contributed by atoms with Gasteiger partial charge in [0.25, 0.3) is 5.91 Å². The molecule has 3 N–H and O–H groups in total. The molecule has 2 aromatic carbocycles. The number of benzene rings is 2. The maximum atomic E-state index is 13.2. The lowest BCUT2D eigenvalue weighted by molar-refractivity contribution is -0.274. The van der Waals surface area contributed by atoms with Crippen LogP contribution in [0.25, 0.3) is 10.9 Å². The summed E-state index contributed by atoms with van der Waals surface area (Å²) in [5.74, 6) is -1.49. The first-order chi connectivity index (χ1) is 12.7. The first-order valence-corrected chi connectivity index (χ1v) is 7.81. The molecule has 3 aromatic rings. The fraction of sp³-hybridized carbons (Fsp3) is 0.167. The average Bonchev–Trinajstić information content (AvgIpc) is 3.01. The van der Waals surface area contributed by atoms with Crippen LogP contribution in [0.4, 0.5) is 17.6 Å². The number of nitrogens with one attached hydrogen (secondary N) is 2. The zero-order chi connectivity index (χ0) is 19.6. The Morgan fingerprint density at radius 1 is 1.19 bits per heavy atom. The molecular formula is C18H14F4N2O3. The van der Waals surface area contributed by atoms with E-state index in [4.69, 9.17) is 0 Å². The number of aliphatic hydroxyl groups is 1. The molecule has 0 saturated heterocycles. The quantitative estimate of drug-likeness (QED) is 0.590. The van der Waals surface area contributed by atoms with Crippen molar-refractivity contribution >= 4 is 16.8 Å². The first-order valence-electron chi connectivity index (χ1n) is 7.81. The number of rotatable bonds is 5. The molecule has 3 rings (SSSR count). The minimum Gasteiger partial charge on any atom is -0.406 e. The molecule has 0 saturated carbocycles. The van der Waals surface area contributed by atoms with Gasteiger partial charge in [-0.1, -0.05) is 12.1 Å². The summed E-state index contributed by atoms with van der Waals surface area (Å²) in [6.07, 6.45) is -5.92.